The number of rotatable bonds is 9. The molecule has 31 heavy (non-hydrogen) atoms. The third-order valence-corrected chi connectivity index (χ3v) is 7.30. The van der Waals surface area contributed by atoms with Crippen molar-refractivity contribution in [3.63, 3.8) is 0 Å². The lowest BCUT2D eigenvalue weighted by Crippen LogP contribution is -2.30. The Morgan fingerprint density at radius 3 is 2.52 bits per heavy atom. The second kappa shape index (κ2) is 9.76. The molecule has 8 nitrogen and oxygen atoms in total. The number of nitrogens with zero attached hydrogens (tertiary/aromatic N) is 4. The summed E-state index contributed by atoms with van der Waals surface area (Å²) in [6.45, 7) is 7.09. The van der Waals surface area contributed by atoms with Crippen LogP contribution >= 0.6 is 11.6 Å². The first-order valence-electron chi connectivity index (χ1n) is 10.2. The second-order valence-electron chi connectivity index (χ2n) is 6.92. The molecule has 2 heterocycles. The first kappa shape index (κ1) is 23.2. The number of fused-ring (bicyclic) bond motifs is 1. The van der Waals surface area contributed by atoms with Gasteiger partial charge in [-0.1, -0.05) is 25.4 Å². The zero-order valence-corrected chi connectivity index (χ0v) is 19.4. The molecule has 3 aromatic rings. The van der Waals surface area contributed by atoms with Crippen LogP contribution in [0.1, 0.15) is 33.0 Å². The van der Waals surface area contributed by atoms with E-state index in [1.807, 2.05) is 25.3 Å². The molecule has 0 bridgehead atoms. The van der Waals surface area contributed by atoms with Crippen molar-refractivity contribution in [1.82, 2.24) is 18.8 Å². The molecule has 0 aliphatic carbocycles. The highest BCUT2D eigenvalue weighted by Gasteiger charge is 2.23. The standard InChI is InChI=1S/C21H26ClN5O3S/c1-4-26(5-2)31(29,30)16-8-9-18-17(13-16)24-20(27(18)6-3)11-12-21(28)25-19-10-7-15(22)14-23-19/h7-10,13-14H,4-6,11-12H2,1-3H3,(H,23,25,28). The molecule has 0 aliphatic heterocycles. The van der Waals surface area contributed by atoms with Crippen molar-refractivity contribution >= 4 is 44.4 Å². The van der Waals surface area contributed by atoms with Gasteiger partial charge in [-0.3, -0.25) is 4.79 Å². The van der Waals surface area contributed by atoms with Crippen molar-refractivity contribution in [1.29, 1.82) is 0 Å². The van der Waals surface area contributed by atoms with Gasteiger partial charge in [0.2, 0.25) is 15.9 Å². The number of hydrogen-bond donors (Lipinski definition) is 1. The predicted octanol–water partition coefficient (Wildman–Crippen LogP) is 3.71. The molecular formula is C21H26ClN5O3S. The van der Waals surface area contributed by atoms with Crippen LogP contribution in [0.25, 0.3) is 11.0 Å². The molecule has 0 fully saturated rings. The Kier molecular flexibility index (Phi) is 7.30. The van der Waals surface area contributed by atoms with Crippen molar-refractivity contribution in [3.05, 3.63) is 47.4 Å². The molecule has 0 saturated heterocycles. The quantitative estimate of drug-likeness (QED) is 0.521. The van der Waals surface area contributed by atoms with Gasteiger partial charge >= 0.3 is 0 Å². The number of nitrogens with one attached hydrogen (secondary N) is 1. The van der Waals surface area contributed by atoms with Crippen LogP contribution in [0, 0.1) is 0 Å². The molecule has 3 rings (SSSR count). The van der Waals surface area contributed by atoms with Crippen LogP contribution in [0.15, 0.2) is 41.4 Å². The Hall–Kier alpha value is -2.49. The highest BCUT2D eigenvalue weighted by atomic mass is 35.5. The summed E-state index contributed by atoms with van der Waals surface area (Å²) in [5.41, 5.74) is 1.45. The first-order valence-corrected chi connectivity index (χ1v) is 12.0. The Bertz CT molecular complexity index is 1170. The van der Waals surface area contributed by atoms with Gasteiger partial charge in [0.25, 0.3) is 0 Å². The lowest BCUT2D eigenvalue weighted by molar-refractivity contribution is -0.116. The van der Waals surface area contributed by atoms with E-state index in [-0.39, 0.29) is 17.2 Å². The van der Waals surface area contributed by atoms with Crippen molar-refractivity contribution in [2.24, 2.45) is 0 Å². The fourth-order valence-corrected chi connectivity index (χ4v) is 5.05. The third kappa shape index (κ3) is 5.06. The number of anilines is 1. The molecule has 10 heteroatoms. The lowest BCUT2D eigenvalue weighted by Gasteiger charge is -2.18. The number of sulfonamides is 1. The number of carbonyl (C=O) groups excluding carboxylic acids is 1. The largest absolute Gasteiger partial charge is 0.328 e. The van der Waals surface area contributed by atoms with Crippen LogP contribution < -0.4 is 5.32 Å². The number of imidazole rings is 1. The SMILES string of the molecule is CCN(CC)S(=O)(=O)c1ccc2c(c1)nc(CCC(=O)Nc1ccc(Cl)cn1)n2CC. The predicted molar refractivity (Wildman–Crippen MR) is 122 cm³/mol. The number of aromatic nitrogens is 3. The van der Waals surface area contributed by atoms with Crippen molar-refractivity contribution in [2.45, 2.75) is 45.1 Å². The van der Waals surface area contributed by atoms with E-state index < -0.39 is 10.0 Å². The average Bonchev–Trinajstić information content (AvgIpc) is 3.11. The Balaban J connectivity index is 1.81. The average molecular weight is 464 g/mol. The molecular weight excluding hydrogens is 438 g/mol. The molecule has 0 radical (unpaired) electrons. The zero-order valence-electron chi connectivity index (χ0n) is 17.8. The molecule has 2 aromatic heterocycles. The van der Waals surface area contributed by atoms with Gasteiger partial charge in [-0.15, -0.1) is 0 Å². The Labute approximate surface area is 187 Å². The van der Waals surface area contributed by atoms with Crippen LogP contribution in [0.4, 0.5) is 5.82 Å². The van der Waals surface area contributed by atoms with E-state index in [1.165, 1.54) is 10.5 Å². The number of hydrogen-bond acceptors (Lipinski definition) is 5. The zero-order chi connectivity index (χ0) is 22.6. The van der Waals surface area contributed by atoms with E-state index in [0.717, 1.165) is 11.3 Å². The summed E-state index contributed by atoms with van der Waals surface area (Å²) in [6, 6.07) is 8.30. The van der Waals surface area contributed by atoms with Crippen LogP contribution in [-0.2, 0) is 27.8 Å². The monoisotopic (exact) mass is 463 g/mol. The van der Waals surface area contributed by atoms with E-state index in [9.17, 15) is 13.2 Å². The lowest BCUT2D eigenvalue weighted by atomic mass is 10.2. The maximum atomic E-state index is 12.8. The molecule has 166 valence electrons. The van der Waals surface area contributed by atoms with E-state index in [0.29, 0.717) is 42.4 Å². The van der Waals surface area contributed by atoms with Gasteiger partial charge in [0.15, 0.2) is 0 Å². The summed E-state index contributed by atoms with van der Waals surface area (Å²) < 4.78 is 29.1. The van der Waals surface area contributed by atoms with Gasteiger partial charge in [-0.2, -0.15) is 4.31 Å². The molecule has 0 saturated carbocycles. The Morgan fingerprint density at radius 2 is 1.90 bits per heavy atom. The number of amides is 1. The van der Waals surface area contributed by atoms with Gasteiger partial charge in [-0.05, 0) is 37.3 Å². The summed E-state index contributed by atoms with van der Waals surface area (Å²) in [4.78, 5) is 21.2. The molecule has 0 unspecified atom stereocenters. The summed E-state index contributed by atoms with van der Waals surface area (Å²) in [7, 11) is -3.56. The number of halogens is 1. The number of aryl methyl sites for hydroxylation is 2. The minimum atomic E-state index is -3.56. The maximum absolute atomic E-state index is 12.8. The molecule has 1 N–H and O–H groups in total. The van der Waals surface area contributed by atoms with Crippen LogP contribution in [0.5, 0.6) is 0 Å². The van der Waals surface area contributed by atoms with Crippen molar-refractivity contribution < 1.29 is 13.2 Å². The smallest absolute Gasteiger partial charge is 0.243 e. The Morgan fingerprint density at radius 1 is 1.16 bits per heavy atom. The highest BCUT2D eigenvalue weighted by molar-refractivity contribution is 7.89. The van der Waals surface area contributed by atoms with Gasteiger partial charge in [0.1, 0.15) is 11.6 Å². The fourth-order valence-electron chi connectivity index (χ4n) is 3.46. The molecule has 0 atom stereocenters. The number of carbonyl (C=O) groups is 1. The van der Waals surface area contributed by atoms with Gasteiger partial charge in [0, 0.05) is 38.7 Å². The van der Waals surface area contributed by atoms with E-state index in [1.54, 1.807) is 30.3 Å². The fraction of sp³-hybridized carbons (Fsp3) is 0.381. The first-order chi connectivity index (χ1) is 14.8. The van der Waals surface area contributed by atoms with E-state index in [2.05, 4.69) is 15.3 Å². The van der Waals surface area contributed by atoms with Crippen molar-refractivity contribution in [2.75, 3.05) is 18.4 Å². The topological polar surface area (TPSA) is 97.2 Å². The van der Waals surface area contributed by atoms with Gasteiger partial charge in [0.05, 0.1) is 21.0 Å². The second-order valence-corrected chi connectivity index (χ2v) is 9.30. The van der Waals surface area contributed by atoms with Gasteiger partial charge in [-0.25, -0.2) is 18.4 Å². The summed E-state index contributed by atoms with van der Waals surface area (Å²) >= 11 is 5.81. The number of benzene rings is 1. The molecule has 0 spiro atoms. The van der Waals surface area contributed by atoms with E-state index >= 15 is 0 Å². The summed E-state index contributed by atoms with van der Waals surface area (Å²) in [5, 5.41) is 3.23. The van der Waals surface area contributed by atoms with Crippen LogP contribution in [0.2, 0.25) is 5.02 Å². The minimum Gasteiger partial charge on any atom is -0.328 e. The van der Waals surface area contributed by atoms with Crippen molar-refractivity contribution in [3.8, 4) is 0 Å². The van der Waals surface area contributed by atoms with Crippen LogP contribution in [0.3, 0.4) is 0 Å². The minimum absolute atomic E-state index is 0.186. The van der Waals surface area contributed by atoms with E-state index in [4.69, 9.17) is 11.6 Å². The van der Waals surface area contributed by atoms with Gasteiger partial charge < -0.3 is 9.88 Å². The third-order valence-electron chi connectivity index (χ3n) is 5.03. The molecule has 0 aliphatic rings. The highest BCUT2D eigenvalue weighted by Crippen LogP contribution is 2.23. The number of pyridine rings is 1. The molecule has 1 aromatic carbocycles. The molecule has 1 amide bonds. The summed E-state index contributed by atoms with van der Waals surface area (Å²) in [5.74, 6) is 0.980. The maximum Gasteiger partial charge on any atom is 0.243 e. The van der Waals surface area contributed by atoms with Crippen LogP contribution in [-0.4, -0.2) is 46.3 Å². The normalized spacial score (nSPS) is 11.9. The summed E-state index contributed by atoms with van der Waals surface area (Å²) in [6.07, 6.45) is 2.11.